The second-order valence-corrected chi connectivity index (χ2v) is 7.04. The van der Waals surface area contributed by atoms with Crippen molar-refractivity contribution in [2.75, 3.05) is 19.1 Å². The van der Waals surface area contributed by atoms with Crippen LogP contribution >= 0.6 is 0 Å². The molecule has 2 N–H and O–H groups in total. The molecule has 6 heteroatoms. The molecule has 0 spiro atoms. The summed E-state index contributed by atoms with van der Waals surface area (Å²) in [4.78, 5) is 19.0. The van der Waals surface area contributed by atoms with Gasteiger partial charge in [0.25, 0.3) is 0 Å². The van der Waals surface area contributed by atoms with Gasteiger partial charge in [0.15, 0.2) is 0 Å². The summed E-state index contributed by atoms with van der Waals surface area (Å²) in [5, 5.41) is 10.6. The molecule has 1 atom stereocenters. The summed E-state index contributed by atoms with van der Waals surface area (Å²) in [6, 6.07) is 12.8. The molecule has 1 aliphatic rings. The summed E-state index contributed by atoms with van der Waals surface area (Å²) in [6.07, 6.45) is 3.34. The lowest BCUT2D eigenvalue weighted by Crippen LogP contribution is -2.30. The number of hydrogen-bond acceptors (Lipinski definition) is 4. The number of fused-ring (bicyclic) bond motifs is 3. The van der Waals surface area contributed by atoms with E-state index in [-0.39, 0.29) is 11.8 Å². The van der Waals surface area contributed by atoms with Crippen LogP contribution < -0.4 is 9.64 Å². The predicted molar refractivity (Wildman–Crippen MR) is 109 cm³/mol. The van der Waals surface area contributed by atoms with Crippen LogP contribution in [-0.4, -0.2) is 35.6 Å². The first-order valence-electron chi connectivity index (χ1n) is 9.16. The van der Waals surface area contributed by atoms with Crippen molar-refractivity contribution in [2.45, 2.75) is 19.4 Å². The van der Waals surface area contributed by atoms with Gasteiger partial charge in [-0.3, -0.25) is 9.69 Å². The van der Waals surface area contributed by atoms with Gasteiger partial charge in [0.2, 0.25) is 6.41 Å². The number of likely N-dealkylation sites (N-methyl/N-ethyl adjacent to an activating group) is 1. The van der Waals surface area contributed by atoms with Gasteiger partial charge in [-0.25, -0.2) is 0 Å². The average molecular weight is 377 g/mol. The number of hydrogen-bond donors (Lipinski definition) is 2. The molecule has 144 valence electrons. The largest absolute Gasteiger partial charge is 0.508 e. The molecule has 0 saturated heterocycles. The number of nitrogens with one attached hydrogen (secondary N) is 1. The van der Waals surface area contributed by atoms with E-state index in [2.05, 4.69) is 22.9 Å². The van der Waals surface area contributed by atoms with E-state index in [9.17, 15) is 9.90 Å². The first kappa shape index (κ1) is 18.0. The van der Waals surface area contributed by atoms with Gasteiger partial charge < -0.3 is 19.7 Å². The van der Waals surface area contributed by atoms with Crippen LogP contribution in [0, 0.1) is 0 Å². The Bertz CT molecular complexity index is 1050. The van der Waals surface area contributed by atoms with Crippen molar-refractivity contribution in [3.63, 3.8) is 0 Å². The maximum absolute atomic E-state index is 11.7. The molecule has 1 aliphatic heterocycles. The normalized spacial score (nSPS) is 17.6. The summed E-state index contributed by atoms with van der Waals surface area (Å²) in [5.74, 6) is 0.994. The Morgan fingerprint density at radius 3 is 2.68 bits per heavy atom. The van der Waals surface area contributed by atoms with E-state index in [4.69, 9.17) is 4.74 Å². The van der Waals surface area contributed by atoms with Crippen molar-refractivity contribution in [3.05, 3.63) is 65.6 Å². The number of benzene rings is 2. The van der Waals surface area contributed by atoms with Crippen molar-refractivity contribution in [2.24, 2.45) is 0 Å². The minimum atomic E-state index is 0.140. The van der Waals surface area contributed by atoms with E-state index in [1.807, 2.05) is 25.4 Å². The fraction of sp³-hybridized carbons (Fsp3) is 0.227. The summed E-state index contributed by atoms with van der Waals surface area (Å²) >= 11 is 0. The van der Waals surface area contributed by atoms with Crippen LogP contribution in [0.1, 0.15) is 24.2 Å². The molecule has 0 radical (unpaired) electrons. The Kier molecular flexibility index (Phi) is 4.47. The summed E-state index contributed by atoms with van der Waals surface area (Å²) in [5.41, 5.74) is 5.22. The van der Waals surface area contributed by atoms with Gasteiger partial charge in [-0.1, -0.05) is 0 Å². The molecular formula is C22H23N3O3. The van der Waals surface area contributed by atoms with Crippen LogP contribution in [-0.2, 0) is 11.2 Å². The molecule has 0 fully saturated rings. The Morgan fingerprint density at radius 2 is 2.00 bits per heavy atom. The number of aromatic nitrogens is 1. The number of H-pyrrole nitrogens is 1. The molecule has 6 nitrogen and oxygen atoms in total. The Morgan fingerprint density at radius 1 is 1.25 bits per heavy atom. The fourth-order valence-corrected chi connectivity index (χ4v) is 3.76. The summed E-state index contributed by atoms with van der Waals surface area (Å²) in [6.45, 7) is 2.14. The third-order valence-electron chi connectivity index (χ3n) is 5.51. The predicted octanol–water partition coefficient (Wildman–Crippen LogP) is 3.94. The third kappa shape index (κ3) is 2.97. The maximum Gasteiger partial charge on any atom is 0.218 e. The quantitative estimate of drug-likeness (QED) is 0.676. The van der Waals surface area contributed by atoms with Crippen molar-refractivity contribution < 1.29 is 14.6 Å². The SMILES string of the molecule is COc1ccc2[nH]c3c(c2c1)C/C(=C/N(C=O)c1ccc(O)cc1)N(C)C3C. The molecule has 0 aliphatic carbocycles. The number of phenolic OH excluding ortho intramolecular Hbond substituents is 1. The number of carbonyl (C=O) groups excluding carboxylic acids is 1. The van der Waals surface area contributed by atoms with Gasteiger partial charge in [0.1, 0.15) is 11.5 Å². The van der Waals surface area contributed by atoms with Gasteiger partial charge in [0.05, 0.1) is 13.2 Å². The average Bonchev–Trinajstić information content (AvgIpc) is 3.08. The van der Waals surface area contributed by atoms with Gasteiger partial charge in [-0.05, 0) is 55.0 Å². The number of nitrogens with zero attached hydrogens (tertiary/aromatic N) is 2. The maximum atomic E-state index is 11.7. The Labute approximate surface area is 163 Å². The van der Waals surface area contributed by atoms with Crippen LogP contribution in [0.25, 0.3) is 10.9 Å². The van der Waals surface area contributed by atoms with E-state index in [1.54, 1.807) is 36.3 Å². The highest BCUT2D eigenvalue weighted by molar-refractivity contribution is 5.87. The number of allylic oxidation sites excluding steroid dienone is 1. The van der Waals surface area contributed by atoms with Crippen molar-refractivity contribution in [3.8, 4) is 11.5 Å². The number of aromatic amines is 1. The number of rotatable bonds is 4. The topological polar surface area (TPSA) is 68.8 Å². The second kappa shape index (κ2) is 6.96. The Hall–Kier alpha value is -3.41. The van der Waals surface area contributed by atoms with Crippen molar-refractivity contribution in [1.29, 1.82) is 0 Å². The minimum Gasteiger partial charge on any atom is -0.508 e. The zero-order valence-electron chi connectivity index (χ0n) is 16.1. The number of anilines is 1. The molecule has 4 rings (SSSR count). The molecule has 1 aromatic heterocycles. The van der Waals surface area contributed by atoms with E-state index in [0.29, 0.717) is 12.1 Å². The highest BCUT2D eigenvalue weighted by atomic mass is 16.5. The van der Waals surface area contributed by atoms with E-state index in [1.165, 1.54) is 11.3 Å². The van der Waals surface area contributed by atoms with Crippen molar-refractivity contribution in [1.82, 2.24) is 9.88 Å². The van der Waals surface area contributed by atoms with Crippen LogP contribution in [0.5, 0.6) is 11.5 Å². The highest BCUT2D eigenvalue weighted by Crippen LogP contribution is 2.38. The lowest BCUT2D eigenvalue weighted by atomic mass is 9.96. The van der Waals surface area contributed by atoms with E-state index < -0.39 is 0 Å². The summed E-state index contributed by atoms with van der Waals surface area (Å²) < 4.78 is 5.39. The number of phenols is 1. The number of methoxy groups -OCH3 is 1. The molecule has 0 saturated carbocycles. The zero-order chi connectivity index (χ0) is 19.8. The smallest absolute Gasteiger partial charge is 0.218 e. The Balaban J connectivity index is 1.76. The van der Waals surface area contributed by atoms with Gasteiger partial charge in [-0.2, -0.15) is 0 Å². The second-order valence-electron chi connectivity index (χ2n) is 7.04. The van der Waals surface area contributed by atoms with Crippen LogP contribution in [0.3, 0.4) is 0 Å². The molecule has 28 heavy (non-hydrogen) atoms. The van der Waals surface area contributed by atoms with Gasteiger partial charge >= 0.3 is 0 Å². The first-order valence-corrected chi connectivity index (χ1v) is 9.16. The first-order chi connectivity index (χ1) is 13.5. The number of carbonyl (C=O) groups is 1. The van der Waals surface area contributed by atoms with Crippen molar-refractivity contribution >= 4 is 23.0 Å². The highest BCUT2D eigenvalue weighted by Gasteiger charge is 2.28. The minimum absolute atomic E-state index is 0.140. The molecule has 1 unspecified atom stereocenters. The molecule has 2 aromatic carbocycles. The van der Waals surface area contributed by atoms with Gasteiger partial charge in [0, 0.05) is 47.6 Å². The number of amides is 1. The lowest BCUT2D eigenvalue weighted by molar-refractivity contribution is -0.107. The lowest BCUT2D eigenvalue weighted by Gasteiger charge is -2.35. The fourth-order valence-electron chi connectivity index (χ4n) is 3.76. The zero-order valence-corrected chi connectivity index (χ0v) is 16.1. The molecule has 0 bridgehead atoms. The number of ether oxygens (including phenoxy) is 1. The molecule has 3 aromatic rings. The monoisotopic (exact) mass is 377 g/mol. The van der Waals surface area contributed by atoms with Crippen LogP contribution in [0.2, 0.25) is 0 Å². The van der Waals surface area contributed by atoms with Crippen LogP contribution in [0.15, 0.2) is 54.4 Å². The molecule has 2 heterocycles. The van der Waals surface area contributed by atoms with E-state index >= 15 is 0 Å². The number of aromatic hydroxyl groups is 1. The summed E-state index contributed by atoms with van der Waals surface area (Å²) in [7, 11) is 3.70. The molecular weight excluding hydrogens is 354 g/mol. The van der Waals surface area contributed by atoms with E-state index in [0.717, 1.165) is 28.8 Å². The molecule has 1 amide bonds. The van der Waals surface area contributed by atoms with Crippen LogP contribution in [0.4, 0.5) is 5.69 Å². The third-order valence-corrected chi connectivity index (χ3v) is 5.51. The standard InChI is InChI=1S/C22H23N3O3/c1-14-22-20(19-11-18(28-3)8-9-21(19)23-22)10-16(24(14)2)12-25(13-26)15-4-6-17(27)7-5-15/h4-9,11-14,23,27H,10H2,1-3H3/b16-12-. The van der Waals surface area contributed by atoms with Gasteiger partial charge in [-0.15, -0.1) is 0 Å².